The molecule has 0 bridgehead atoms. The van der Waals surface area contributed by atoms with Gasteiger partial charge < -0.3 is 5.32 Å². The minimum Gasteiger partial charge on any atom is -0.325 e. The number of nitro groups is 1. The van der Waals surface area contributed by atoms with Gasteiger partial charge in [-0.2, -0.15) is 0 Å². The molecule has 0 saturated heterocycles. The fraction of sp³-hybridized carbons (Fsp3) is 0.0952. The van der Waals surface area contributed by atoms with Crippen LogP contribution in [0, 0.1) is 10.1 Å². The number of nitro benzene ring substituents is 1. The molecule has 3 aromatic carbocycles. The monoisotopic (exact) mass is 457 g/mol. The second-order valence-electron chi connectivity index (χ2n) is 6.46. The molecule has 3 aromatic rings. The average Bonchev–Trinajstić information content (AvgIpc) is 2.75. The van der Waals surface area contributed by atoms with Crippen molar-refractivity contribution in [3.63, 3.8) is 0 Å². The summed E-state index contributed by atoms with van der Waals surface area (Å²) in [7, 11) is -3.72. The van der Waals surface area contributed by atoms with E-state index in [4.69, 9.17) is 0 Å². The highest BCUT2D eigenvalue weighted by molar-refractivity contribution is 7.99. The molecule has 160 valence electrons. The Labute approximate surface area is 183 Å². The largest absolute Gasteiger partial charge is 0.325 e. The molecular formula is C21H19N3O5S2. The summed E-state index contributed by atoms with van der Waals surface area (Å²) in [6, 6.07) is 20.6. The number of rotatable bonds is 9. The molecule has 0 aliphatic heterocycles. The Balaban J connectivity index is 1.50. The van der Waals surface area contributed by atoms with Gasteiger partial charge in [-0.1, -0.05) is 30.3 Å². The summed E-state index contributed by atoms with van der Waals surface area (Å²) in [5.41, 5.74) is 1.85. The number of nitrogens with one attached hydrogen (secondary N) is 2. The fourth-order valence-electron chi connectivity index (χ4n) is 2.61. The highest BCUT2D eigenvalue weighted by atomic mass is 32.2. The molecular weight excluding hydrogens is 438 g/mol. The van der Waals surface area contributed by atoms with Gasteiger partial charge in [0.2, 0.25) is 5.91 Å². The number of non-ortho nitro benzene ring substituents is 1. The number of hydrogen-bond donors (Lipinski definition) is 2. The molecule has 0 atom stereocenters. The number of hydrogen-bond acceptors (Lipinski definition) is 6. The molecule has 1 amide bonds. The second-order valence-corrected chi connectivity index (χ2v) is 9.13. The van der Waals surface area contributed by atoms with Gasteiger partial charge in [0.15, 0.2) is 0 Å². The van der Waals surface area contributed by atoms with Crippen molar-refractivity contribution in [2.45, 2.75) is 10.6 Å². The third-order valence-corrected chi connectivity index (χ3v) is 6.52. The summed E-state index contributed by atoms with van der Waals surface area (Å²) in [4.78, 5) is 22.4. The Morgan fingerprint density at radius 3 is 2.16 bits per heavy atom. The zero-order valence-electron chi connectivity index (χ0n) is 16.2. The first-order valence-electron chi connectivity index (χ1n) is 9.12. The molecule has 0 aromatic heterocycles. The molecule has 0 heterocycles. The van der Waals surface area contributed by atoms with Gasteiger partial charge in [-0.3, -0.25) is 19.6 Å². The Morgan fingerprint density at radius 2 is 1.55 bits per heavy atom. The molecule has 8 nitrogen and oxygen atoms in total. The lowest BCUT2D eigenvalue weighted by molar-refractivity contribution is -0.384. The predicted molar refractivity (Wildman–Crippen MR) is 122 cm³/mol. The van der Waals surface area contributed by atoms with E-state index in [0.29, 0.717) is 17.1 Å². The average molecular weight is 458 g/mol. The number of benzene rings is 3. The van der Waals surface area contributed by atoms with E-state index in [1.807, 2.05) is 0 Å². The van der Waals surface area contributed by atoms with Crippen LogP contribution < -0.4 is 10.0 Å². The van der Waals surface area contributed by atoms with Gasteiger partial charge >= 0.3 is 0 Å². The van der Waals surface area contributed by atoms with Crippen LogP contribution in [0.5, 0.6) is 0 Å². The molecule has 0 saturated carbocycles. The standard InChI is InChI=1S/C21H19N3O5S2/c25-21(15-30-14-16-6-10-19(11-7-16)24(26)27)22-17-8-12-20(13-9-17)31(28,29)23-18-4-2-1-3-5-18/h1-13,23H,14-15H2,(H,22,25). The Bertz CT molecular complexity index is 1150. The third-order valence-electron chi connectivity index (χ3n) is 4.12. The van der Waals surface area contributed by atoms with Gasteiger partial charge in [0, 0.05) is 29.3 Å². The van der Waals surface area contributed by atoms with E-state index < -0.39 is 14.9 Å². The number of thioether (sulfide) groups is 1. The molecule has 0 aliphatic rings. The maximum absolute atomic E-state index is 12.4. The molecule has 31 heavy (non-hydrogen) atoms. The minimum absolute atomic E-state index is 0.0240. The minimum atomic E-state index is -3.72. The third kappa shape index (κ3) is 6.56. The second kappa shape index (κ2) is 10.1. The molecule has 0 aliphatic carbocycles. The summed E-state index contributed by atoms with van der Waals surface area (Å²) < 4.78 is 27.4. The summed E-state index contributed by atoms with van der Waals surface area (Å²) in [6.07, 6.45) is 0. The van der Waals surface area contributed by atoms with Gasteiger partial charge in [-0.25, -0.2) is 8.42 Å². The van der Waals surface area contributed by atoms with Gasteiger partial charge in [0.25, 0.3) is 15.7 Å². The Morgan fingerprint density at radius 1 is 0.903 bits per heavy atom. The highest BCUT2D eigenvalue weighted by Gasteiger charge is 2.14. The first-order valence-corrected chi connectivity index (χ1v) is 11.8. The quantitative estimate of drug-likeness (QED) is 0.366. The highest BCUT2D eigenvalue weighted by Crippen LogP contribution is 2.19. The van der Waals surface area contributed by atoms with Crippen LogP contribution in [0.2, 0.25) is 0 Å². The van der Waals surface area contributed by atoms with Gasteiger partial charge in [0.1, 0.15) is 0 Å². The first-order chi connectivity index (χ1) is 14.8. The summed E-state index contributed by atoms with van der Waals surface area (Å²) in [5.74, 6) is 0.491. The Hall–Kier alpha value is -3.37. The van der Waals surface area contributed by atoms with Crippen molar-refractivity contribution in [1.82, 2.24) is 0 Å². The van der Waals surface area contributed by atoms with Crippen molar-refractivity contribution in [2.75, 3.05) is 15.8 Å². The van der Waals surface area contributed by atoms with Crippen molar-refractivity contribution in [2.24, 2.45) is 0 Å². The normalized spacial score (nSPS) is 11.0. The Kier molecular flexibility index (Phi) is 7.27. The maximum atomic E-state index is 12.4. The molecule has 3 rings (SSSR count). The van der Waals surface area contributed by atoms with Gasteiger partial charge in [-0.15, -0.1) is 11.8 Å². The molecule has 0 unspecified atom stereocenters. The van der Waals surface area contributed by atoms with E-state index in [9.17, 15) is 23.3 Å². The predicted octanol–water partition coefficient (Wildman–Crippen LogP) is 4.27. The van der Waals surface area contributed by atoms with Crippen LogP contribution in [0.15, 0.2) is 83.8 Å². The van der Waals surface area contributed by atoms with Crippen molar-refractivity contribution in [3.8, 4) is 0 Å². The van der Waals surface area contributed by atoms with E-state index in [1.165, 1.54) is 48.2 Å². The van der Waals surface area contributed by atoms with E-state index in [0.717, 1.165) is 5.56 Å². The maximum Gasteiger partial charge on any atom is 0.269 e. The molecule has 10 heteroatoms. The zero-order valence-corrected chi connectivity index (χ0v) is 17.9. The van der Waals surface area contributed by atoms with E-state index >= 15 is 0 Å². The van der Waals surface area contributed by atoms with E-state index in [-0.39, 0.29) is 22.2 Å². The van der Waals surface area contributed by atoms with Crippen molar-refractivity contribution >= 4 is 44.8 Å². The number of anilines is 2. The van der Waals surface area contributed by atoms with Gasteiger partial charge in [-0.05, 0) is 42.0 Å². The zero-order chi connectivity index (χ0) is 22.3. The number of nitrogens with zero attached hydrogens (tertiary/aromatic N) is 1. The smallest absolute Gasteiger partial charge is 0.269 e. The van der Waals surface area contributed by atoms with Crippen LogP contribution >= 0.6 is 11.8 Å². The van der Waals surface area contributed by atoms with Crippen LogP contribution in [0.4, 0.5) is 17.1 Å². The van der Waals surface area contributed by atoms with E-state index in [2.05, 4.69) is 10.0 Å². The number of amides is 1. The number of sulfonamides is 1. The number of carbonyl (C=O) groups is 1. The lowest BCUT2D eigenvalue weighted by atomic mass is 10.2. The van der Waals surface area contributed by atoms with Crippen molar-refractivity contribution in [1.29, 1.82) is 0 Å². The van der Waals surface area contributed by atoms with Gasteiger partial charge in [0.05, 0.1) is 15.6 Å². The first kappa shape index (κ1) is 22.3. The number of para-hydroxylation sites is 1. The lowest BCUT2D eigenvalue weighted by Crippen LogP contribution is -2.15. The SMILES string of the molecule is O=C(CSCc1ccc([N+](=O)[O-])cc1)Nc1ccc(S(=O)(=O)Nc2ccccc2)cc1. The topological polar surface area (TPSA) is 118 Å². The van der Waals surface area contributed by atoms with Crippen LogP contribution in [0.3, 0.4) is 0 Å². The number of carbonyl (C=O) groups excluding carboxylic acids is 1. The summed E-state index contributed by atoms with van der Waals surface area (Å²) >= 11 is 1.37. The fourth-order valence-corrected chi connectivity index (χ4v) is 4.46. The lowest BCUT2D eigenvalue weighted by Gasteiger charge is -2.09. The van der Waals surface area contributed by atoms with Crippen LogP contribution in [0.25, 0.3) is 0 Å². The molecule has 0 fully saturated rings. The molecule has 0 radical (unpaired) electrons. The summed E-state index contributed by atoms with van der Waals surface area (Å²) in [5, 5.41) is 13.4. The van der Waals surface area contributed by atoms with E-state index in [1.54, 1.807) is 42.5 Å². The van der Waals surface area contributed by atoms with Crippen LogP contribution in [-0.2, 0) is 20.6 Å². The van der Waals surface area contributed by atoms with Crippen molar-refractivity contribution < 1.29 is 18.1 Å². The van der Waals surface area contributed by atoms with Crippen LogP contribution in [-0.4, -0.2) is 25.0 Å². The summed E-state index contributed by atoms with van der Waals surface area (Å²) in [6.45, 7) is 0. The van der Waals surface area contributed by atoms with Crippen molar-refractivity contribution in [3.05, 3.63) is 94.5 Å². The molecule has 0 spiro atoms. The van der Waals surface area contributed by atoms with Crippen LogP contribution in [0.1, 0.15) is 5.56 Å². The molecule has 2 N–H and O–H groups in total.